The highest BCUT2D eigenvalue weighted by Gasteiger charge is 2.45. The van der Waals surface area contributed by atoms with Crippen LogP contribution in [0.2, 0.25) is 0 Å². The maximum atomic E-state index is 12.9. The number of aliphatic hydroxyl groups excluding tert-OH is 1. The molecule has 0 spiro atoms. The Hall–Kier alpha value is -2.00. The second-order valence-corrected chi connectivity index (χ2v) is 5.21. The van der Waals surface area contributed by atoms with E-state index in [1.54, 1.807) is 0 Å². The molecule has 0 bridgehead atoms. The number of benzene rings is 2. The average molecular weight is 270 g/mol. The zero-order valence-electron chi connectivity index (χ0n) is 10.9. The zero-order chi connectivity index (χ0) is 14.1. The molecule has 102 valence electrons. The van der Waals surface area contributed by atoms with E-state index in [1.165, 1.54) is 24.3 Å². The lowest BCUT2D eigenvalue weighted by atomic mass is 9.65. The molecule has 2 nitrogen and oxygen atoms in total. The van der Waals surface area contributed by atoms with Crippen molar-refractivity contribution >= 4 is 5.78 Å². The second kappa shape index (κ2) is 5.17. The van der Waals surface area contributed by atoms with Gasteiger partial charge in [-0.25, -0.2) is 4.39 Å². The third kappa shape index (κ3) is 2.25. The van der Waals surface area contributed by atoms with Crippen LogP contribution >= 0.6 is 0 Å². The van der Waals surface area contributed by atoms with Gasteiger partial charge >= 0.3 is 0 Å². The van der Waals surface area contributed by atoms with Crippen LogP contribution in [0.4, 0.5) is 4.39 Å². The number of hydrogen-bond donors (Lipinski definition) is 1. The van der Waals surface area contributed by atoms with Crippen LogP contribution in [-0.2, 0) is 4.79 Å². The summed E-state index contributed by atoms with van der Waals surface area (Å²) in [7, 11) is 0. The van der Waals surface area contributed by atoms with Crippen LogP contribution in [0.25, 0.3) is 0 Å². The molecule has 3 heteroatoms. The molecule has 20 heavy (non-hydrogen) atoms. The predicted molar refractivity (Wildman–Crippen MR) is 73.7 cm³/mol. The Morgan fingerprint density at radius 3 is 2.30 bits per heavy atom. The van der Waals surface area contributed by atoms with Crippen LogP contribution in [0, 0.1) is 11.7 Å². The van der Waals surface area contributed by atoms with Crippen molar-refractivity contribution in [3.8, 4) is 0 Å². The second-order valence-electron chi connectivity index (χ2n) is 5.21. The van der Waals surface area contributed by atoms with Gasteiger partial charge in [-0.3, -0.25) is 4.79 Å². The largest absolute Gasteiger partial charge is 0.388 e. The molecule has 3 rings (SSSR count). The van der Waals surface area contributed by atoms with Crippen LogP contribution in [-0.4, -0.2) is 10.9 Å². The lowest BCUT2D eigenvalue weighted by Crippen LogP contribution is -2.39. The first kappa shape index (κ1) is 13.0. The van der Waals surface area contributed by atoms with Crippen molar-refractivity contribution in [3.05, 3.63) is 71.5 Å². The van der Waals surface area contributed by atoms with Gasteiger partial charge in [-0.15, -0.1) is 0 Å². The van der Waals surface area contributed by atoms with Crippen LogP contribution in [0.3, 0.4) is 0 Å². The smallest absolute Gasteiger partial charge is 0.140 e. The van der Waals surface area contributed by atoms with Gasteiger partial charge < -0.3 is 5.11 Å². The standard InChI is InChI=1S/C17H15FO2/c18-13-8-6-12(7-9-13)17(20)16-14(10-15(16)19)11-4-2-1-3-5-11/h1-9,14,16-17,20H,10H2/t14-,16-,17+/m1/s1. The first-order valence-corrected chi connectivity index (χ1v) is 6.68. The molecule has 0 radical (unpaired) electrons. The van der Waals surface area contributed by atoms with E-state index >= 15 is 0 Å². The number of carbonyl (C=O) groups is 1. The van der Waals surface area contributed by atoms with Gasteiger partial charge in [0.25, 0.3) is 0 Å². The van der Waals surface area contributed by atoms with E-state index in [0.29, 0.717) is 12.0 Å². The van der Waals surface area contributed by atoms with Crippen LogP contribution in [0.1, 0.15) is 29.6 Å². The first-order valence-electron chi connectivity index (χ1n) is 6.68. The van der Waals surface area contributed by atoms with Crippen molar-refractivity contribution in [2.24, 2.45) is 5.92 Å². The average Bonchev–Trinajstić information content (AvgIpc) is 2.46. The van der Waals surface area contributed by atoms with Crippen LogP contribution in [0.5, 0.6) is 0 Å². The fraction of sp³-hybridized carbons (Fsp3) is 0.235. The number of ketones is 1. The molecular weight excluding hydrogens is 255 g/mol. The fourth-order valence-corrected chi connectivity index (χ4v) is 2.83. The van der Waals surface area contributed by atoms with Gasteiger partial charge in [0, 0.05) is 12.3 Å². The minimum atomic E-state index is -0.873. The van der Waals surface area contributed by atoms with Crippen molar-refractivity contribution < 1.29 is 14.3 Å². The summed E-state index contributed by atoms with van der Waals surface area (Å²) in [6, 6.07) is 15.4. The highest BCUT2D eigenvalue weighted by atomic mass is 19.1. The summed E-state index contributed by atoms with van der Waals surface area (Å²) in [6.45, 7) is 0. The number of aliphatic hydroxyl groups is 1. The number of carbonyl (C=O) groups excluding carboxylic acids is 1. The number of rotatable bonds is 3. The Bertz CT molecular complexity index is 607. The Kier molecular flexibility index (Phi) is 3.36. The van der Waals surface area contributed by atoms with Gasteiger partial charge in [0.05, 0.1) is 12.0 Å². The lowest BCUT2D eigenvalue weighted by molar-refractivity contribution is -0.136. The molecule has 1 fully saturated rings. The first-order chi connectivity index (χ1) is 9.66. The molecule has 1 aliphatic rings. The monoisotopic (exact) mass is 270 g/mol. The summed E-state index contributed by atoms with van der Waals surface area (Å²) in [4.78, 5) is 11.9. The topological polar surface area (TPSA) is 37.3 Å². The predicted octanol–water partition coefficient (Wildman–Crippen LogP) is 3.23. The van der Waals surface area contributed by atoms with Crippen molar-refractivity contribution in [1.82, 2.24) is 0 Å². The van der Waals surface area contributed by atoms with E-state index < -0.39 is 12.0 Å². The van der Waals surface area contributed by atoms with E-state index in [4.69, 9.17) is 0 Å². The third-order valence-corrected chi connectivity index (χ3v) is 4.01. The molecule has 0 saturated heterocycles. The molecule has 2 aromatic carbocycles. The van der Waals surface area contributed by atoms with Crippen LogP contribution < -0.4 is 0 Å². The fourth-order valence-electron chi connectivity index (χ4n) is 2.83. The van der Waals surface area contributed by atoms with Gasteiger partial charge in [-0.1, -0.05) is 42.5 Å². The van der Waals surface area contributed by atoms with E-state index in [2.05, 4.69) is 0 Å². The molecule has 0 aromatic heterocycles. The summed E-state index contributed by atoms with van der Waals surface area (Å²) in [5.41, 5.74) is 1.66. The lowest BCUT2D eigenvalue weighted by Gasteiger charge is -2.38. The SMILES string of the molecule is O=C1C[C@H](c2ccccc2)[C@H]1[C@@H](O)c1ccc(F)cc1. The van der Waals surface area contributed by atoms with Gasteiger partial charge in [0.1, 0.15) is 11.6 Å². The Morgan fingerprint density at radius 1 is 1.05 bits per heavy atom. The molecule has 0 heterocycles. The summed E-state index contributed by atoms with van der Waals surface area (Å²) in [5, 5.41) is 10.4. The summed E-state index contributed by atoms with van der Waals surface area (Å²) >= 11 is 0. The molecule has 1 N–H and O–H groups in total. The molecule has 3 atom stereocenters. The van der Waals surface area contributed by atoms with Gasteiger partial charge in [-0.2, -0.15) is 0 Å². The minimum absolute atomic E-state index is 0.0451. The minimum Gasteiger partial charge on any atom is -0.388 e. The quantitative estimate of drug-likeness (QED) is 0.929. The van der Waals surface area contributed by atoms with Crippen molar-refractivity contribution in [2.45, 2.75) is 18.4 Å². The van der Waals surface area contributed by atoms with E-state index in [1.807, 2.05) is 30.3 Å². The van der Waals surface area contributed by atoms with Crippen molar-refractivity contribution in [2.75, 3.05) is 0 Å². The Morgan fingerprint density at radius 2 is 1.70 bits per heavy atom. The summed E-state index contributed by atoms with van der Waals surface area (Å²) in [6.07, 6.45) is -0.408. The maximum Gasteiger partial charge on any atom is 0.140 e. The number of Topliss-reactive ketones (excluding diaryl/α,β-unsaturated/α-hetero) is 1. The molecule has 0 aliphatic heterocycles. The highest BCUT2D eigenvalue weighted by Crippen LogP contribution is 2.46. The number of hydrogen-bond acceptors (Lipinski definition) is 2. The number of halogens is 1. The molecule has 1 aliphatic carbocycles. The molecule has 0 amide bonds. The highest BCUT2D eigenvalue weighted by molar-refractivity contribution is 5.90. The molecule has 0 unspecified atom stereocenters. The summed E-state index contributed by atoms with van der Waals surface area (Å²) in [5.74, 6) is -0.664. The van der Waals surface area contributed by atoms with Gasteiger partial charge in [0.15, 0.2) is 0 Å². The normalized spacial score (nSPS) is 23.2. The summed E-state index contributed by atoms with van der Waals surface area (Å²) < 4.78 is 12.9. The van der Waals surface area contributed by atoms with Crippen molar-refractivity contribution in [3.63, 3.8) is 0 Å². The van der Waals surface area contributed by atoms with Gasteiger partial charge in [0.2, 0.25) is 0 Å². The third-order valence-electron chi connectivity index (χ3n) is 4.01. The molecule has 1 saturated carbocycles. The Balaban J connectivity index is 1.84. The van der Waals surface area contributed by atoms with E-state index in [9.17, 15) is 14.3 Å². The molecule has 2 aromatic rings. The van der Waals surface area contributed by atoms with Crippen LogP contribution in [0.15, 0.2) is 54.6 Å². The molecular formula is C17H15FO2. The zero-order valence-corrected chi connectivity index (χ0v) is 10.9. The van der Waals surface area contributed by atoms with E-state index in [-0.39, 0.29) is 17.5 Å². The van der Waals surface area contributed by atoms with E-state index in [0.717, 1.165) is 5.56 Å². The Labute approximate surface area is 116 Å². The maximum absolute atomic E-state index is 12.9. The van der Waals surface area contributed by atoms with Gasteiger partial charge in [-0.05, 0) is 23.3 Å². The van der Waals surface area contributed by atoms with Crippen molar-refractivity contribution in [1.29, 1.82) is 0 Å².